The van der Waals surface area contributed by atoms with E-state index in [-0.39, 0.29) is 33.5 Å². The fourth-order valence-corrected chi connectivity index (χ4v) is 11.0. The molecule has 0 aromatic rings. The molecular formula is C30H48O5. The maximum atomic E-state index is 12.8. The van der Waals surface area contributed by atoms with Crippen LogP contribution in [0.3, 0.4) is 0 Å². The zero-order chi connectivity index (χ0) is 26.0. The fourth-order valence-electron chi connectivity index (χ4n) is 11.0. The van der Waals surface area contributed by atoms with Crippen molar-refractivity contribution in [2.24, 2.45) is 50.7 Å². The van der Waals surface area contributed by atoms with Crippen molar-refractivity contribution in [3.63, 3.8) is 0 Å². The highest BCUT2D eigenvalue weighted by molar-refractivity contribution is 5.77. The Morgan fingerprint density at radius 3 is 2.23 bits per heavy atom. The van der Waals surface area contributed by atoms with Crippen LogP contribution in [0.15, 0.2) is 11.6 Å². The first-order valence-corrected chi connectivity index (χ1v) is 14.0. The molecule has 4 N–H and O–H groups in total. The van der Waals surface area contributed by atoms with Crippen LogP contribution in [0.1, 0.15) is 99.8 Å². The minimum atomic E-state index is -1.05. The molecule has 5 rings (SSSR count). The molecule has 5 aliphatic rings. The van der Waals surface area contributed by atoms with Gasteiger partial charge in [0, 0.05) is 5.92 Å². The summed E-state index contributed by atoms with van der Waals surface area (Å²) >= 11 is 0. The molecule has 0 aromatic heterocycles. The molecule has 198 valence electrons. The van der Waals surface area contributed by atoms with Crippen molar-refractivity contribution in [3.8, 4) is 0 Å². The third-order valence-electron chi connectivity index (χ3n) is 13.4. The molecule has 0 unspecified atom stereocenters. The van der Waals surface area contributed by atoms with E-state index < -0.39 is 29.2 Å². The number of aliphatic hydroxyl groups excluding tert-OH is 2. The number of hydrogen-bond donors (Lipinski definition) is 4. The van der Waals surface area contributed by atoms with Crippen molar-refractivity contribution >= 4 is 5.97 Å². The molecule has 5 aliphatic carbocycles. The summed E-state index contributed by atoms with van der Waals surface area (Å²) in [5.74, 6) is -0.394. The van der Waals surface area contributed by atoms with Crippen LogP contribution in [0.4, 0.5) is 0 Å². The summed E-state index contributed by atoms with van der Waals surface area (Å²) in [6, 6.07) is 0. The summed E-state index contributed by atoms with van der Waals surface area (Å²) in [6.07, 6.45) is 7.21. The Hall–Kier alpha value is -0.910. The van der Waals surface area contributed by atoms with Crippen LogP contribution < -0.4 is 0 Å². The van der Waals surface area contributed by atoms with Gasteiger partial charge in [-0.2, -0.15) is 0 Å². The maximum Gasteiger partial charge on any atom is 0.310 e. The predicted molar refractivity (Wildman–Crippen MR) is 135 cm³/mol. The SMILES string of the molecule is C[C@@H]1CC[C@]2(C(=O)O)CC[C@]3(C)C(=CC[C@@H]4[C@@]5(C)C[C@H](O)[C@H](O)C(C)(C)[C@@H]5CC[C@]43C)[C@@H]2[C@]1(C)O. The summed E-state index contributed by atoms with van der Waals surface area (Å²) in [7, 11) is 0. The smallest absolute Gasteiger partial charge is 0.310 e. The highest BCUT2D eigenvalue weighted by Crippen LogP contribution is 2.76. The summed E-state index contributed by atoms with van der Waals surface area (Å²) in [4.78, 5) is 12.8. The molecule has 0 heterocycles. The first-order chi connectivity index (χ1) is 16.0. The molecule has 4 fully saturated rings. The van der Waals surface area contributed by atoms with Crippen LogP contribution in [0.2, 0.25) is 0 Å². The van der Waals surface area contributed by atoms with E-state index in [2.05, 4.69) is 47.6 Å². The lowest BCUT2D eigenvalue weighted by atomic mass is 9.33. The van der Waals surface area contributed by atoms with Gasteiger partial charge in [-0.15, -0.1) is 0 Å². The molecule has 0 saturated heterocycles. The van der Waals surface area contributed by atoms with E-state index in [1.165, 1.54) is 5.57 Å². The average molecular weight is 489 g/mol. The van der Waals surface area contributed by atoms with Crippen LogP contribution in [0.5, 0.6) is 0 Å². The van der Waals surface area contributed by atoms with Crippen molar-refractivity contribution in [1.29, 1.82) is 0 Å². The zero-order valence-electron chi connectivity index (χ0n) is 22.9. The van der Waals surface area contributed by atoms with Crippen LogP contribution in [0.25, 0.3) is 0 Å². The lowest BCUT2D eigenvalue weighted by molar-refractivity contribution is -0.237. The van der Waals surface area contributed by atoms with Gasteiger partial charge >= 0.3 is 5.97 Å². The molecule has 0 amide bonds. The monoisotopic (exact) mass is 488 g/mol. The zero-order valence-corrected chi connectivity index (χ0v) is 22.9. The van der Waals surface area contributed by atoms with E-state index in [4.69, 9.17) is 0 Å². The minimum absolute atomic E-state index is 0.0535. The maximum absolute atomic E-state index is 12.8. The molecule has 0 aromatic carbocycles. The van der Waals surface area contributed by atoms with Crippen LogP contribution >= 0.6 is 0 Å². The molecule has 0 aliphatic heterocycles. The molecule has 5 heteroatoms. The number of aliphatic hydroxyl groups is 3. The van der Waals surface area contributed by atoms with Gasteiger partial charge in [0.1, 0.15) is 0 Å². The van der Waals surface area contributed by atoms with Gasteiger partial charge in [0.15, 0.2) is 0 Å². The number of carboxylic acids is 1. The quantitative estimate of drug-likeness (QED) is 0.382. The van der Waals surface area contributed by atoms with E-state index in [0.717, 1.165) is 32.1 Å². The van der Waals surface area contributed by atoms with Crippen LogP contribution in [-0.4, -0.2) is 44.2 Å². The van der Waals surface area contributed by atoms with Gasteiger partial charge in [-0.05, 0) is 97.7 Å². The fraction of sp³-hybridized carbons (Fsp3) is 0.900. The molecule has 4 saturated carbocycles. The van der Waals surface area contributed by atoms with Gasteiger partial charge in [-0.3, -0.25) is 4.79 Å². The Morgan fingerprint density at radius 2 is 1.60 bits per heavy atom. The van der Waals surface area contributed by atoms with Crippen molar-refractivity contribution in [2.75, 3.05) is 0 Å². The van der Waals surface area contributed by atoms with E-state index in [1.807, 2.05) is 6.92 Å². The summed E-state index contributed by atoms with van der Waals surface area (Å²) in [5, 5.41) is 44.3. The van der Waals surface area contributed by atoms with Crippen molar-refractivity contribution in [3.05, 3.63) is 11.6 Å². The van der Waals surface area contributed by atoms with E-state index >= 15 is 0 Å². The molecule has 0 radical (unpaired) electrons. The van der Waals surface area contributed by atoms with Crippen molar-refractivity contribution in [1.82, 2.24) is 0 Å². The number of aliphatic carboxylic acids is 1. The standard InChI is InChI=1S/C30H48O5/c1-17-10-13-30(24(33)34)15-14-27(5)18(22(30)29(17,7)35)8-9-21-26(4)16-19(31)23(32)25(2,3)20(26)11-12-28(21,27)6/h8,17,19-23,31-32,35H,9-16H2,1-7H3,(H,33,34)/t17-,19+,20+,21-,22-,23+,26+,27-,28-,29-,30+/m1/s1. The van der Waals surface area contributed by atoms with Gasteiger partial charge in [-0.25, -0.2) is 0 Å². The Morgan fingerprint density at radius 1 is 0.943 bits per heavy atom. The number of allylic oxidation sites excluding steroid dienone is 1. The lowest BCUT2D eigenvalue weighted by Crippen LogP contribution is -2.68. The second-order valence-electron chi connectivity index (χ2n) is 14.9. The van der Waals surface area contributed by atoms with Crippen molar-refractivity contribution < 1.29 is 25.2 Å². The molecule has 0 bridgehead atoms. The number of hydrogen-bond acceptors (Lipinski definition) is 4. The Bertz CT molecular complexity index is 952. The molecular weight excluding hydrogens is 440 g/mol. The van der Waals surface area contributed by atoms with Crippen molar-refractivity contribution in [2.45, 2.75) is 118 Å². The third-order valence-corrected chi connectivity index (χ3v) is 13.4. The van der Waals surface area contributed by atoms with Gasteiger partial charge < -0.3 is 20.4 Å². The molecule has 35 heavy (non-hydrogen) atoms. The normalized spacial score (nSPS) is 57.1. The topological polar surface area (TPSA) is 98.0 Å². The number of carboxylic acid groups (broad SMARTS) is 1. The summed E-state index contributed by atoms with van der Waals surface area (Å²) in [6.45, 7) is 15.3. The Balaban J connectivity index is 1.65. The lowest BCUT2D eigenvalue weighted by Gasteiger charge is -2.72. The van der Waals surface area contributed by atoms with E-state index in [0.29, 0.717) is 31.1 Å². The largest absolute Gasteiger partial charge is 0.481 e. The first kappa shape index (κ1) is 25.7. The first-order valence-electron chi connectivity index (χ1n) is 14.0. The van der Waals surface area contributed by atoms with Gasteiger partial charge in [0.2, 0.25) is 0 Å². The van der Waals surface area contributed by atoms with Gasteiger partial charge in [0.25, 0.3) is 0 Å². The third kappa shape index (κ3) is 2.90. The van der Waals surface area contributed by atoms with Crippen LogP contribution in [0, 0.1) is 50.7 Å². The van der Waals surface area contributed by atoms with Gasteiger partial charge in [0.05, 0.1) is 23.2 Å². The van der Waals surface area contributed by atoms with Crippen LogP contribution in [-0.2, 0) is 4.79 Å². The highest BCUT2D eigenvalue weighted by Gasteiger charge is 2.71. The Labute approximate surface area is 211 Å². The molecule has 0 spiro atoms. The number of carbonyl (C=O) groups is 1. The second-order valence-corrected chi connectivity index (χ2v) is 14.9. The minimum Gasteiger partial charge on any atom is -0.481 e. The highest BCUT2D eigenvalue weighted by atomic mass is 16.4. The van der Waals surface area contributed by atoms with Gasteiger partial charge in [-0.1, -0.05) is 53.2 Å². The van der Waals surface area contributed by atoms with E-state index in [1.54, 1.807) is 0 Å². The Kier molecular flexibility index (Phi) is 5.40. The average Bonchev–Trinajstić information content (AvgIpc) is 2.75. The second kappa shape index (κ2) is 7.35. The predicted octanol–water partition coefficient (Wildman–Crippen LogP) is 5.18. The molecule has 11 atom stereocenters. The molecule has 5 nitrogen and oxygen atoms in total. The summed E-state index contributed by atoms with van der Waals surface area (Å²) < 4.78 is 0. The number of fused-ring (bicyclic) bond motifs is 7. The summed E-state index contributed by atoms with van der Waals surface area (Å²) in [5.41, 5.74) is -1.46. The van der Waals surface area contributed by atoms with E-state index in [9.17, 15) is 25.2 Å². The number of rotatable bonds is 1.